The first-order chi connectivity index (χ1) is 7.83. The van der Waals surface area contributed by atoms with Gasteiger partial charge < -0.3 is 10.1 Å². The normalized spacial score (nSPS) is 11.0. The van der Waals surface area contributed by atoms with Crippen LogP contribution in [0.4, 0.5) is 0 Å². The highest BCUT2D eigenvalue weighted by Gasteiger charge is 2.13. The topological polar surface area (TPSA) is 21.3 Å². The Kier molecular flexibility index (Phi) is 7.83. The van der Waals surface area contributed by atoms with Crippen LogP contribution in [-0.2, 0) is 6.54 Å². The Morgan fingerprint density at radius 1 is 1.22 bits per heavy atom. The smallest absolute Gasteiger partial charge is 0.138 e. The Hall–Kier alpha value is 0.230. The van der Waals surface area contributed by atoms with Crippen molar-refractivity contribution >= 4 is 44.3 Å². The molecule has 0 amide bonds. The quantitative estimate of drug-likeness (QED) is 0.773. The highest BCUT2D eigenvalue weighted by molar-refractivity contribution is 9.11. The van der Waals surface area contributed by atoms with E-state index < -0.39 is 0 Å². The number of halogens is 3. The second-order valence-electron chi connectivity index (χ2n) is 4.91. The van der Waals surface area contributed by atoms with Crippen molar-refractivity contribution in [1.29, 1.82) is 0 Å². The van der Waals surface area contributed by atoms with Gasteiger partial charge in [0.2, 0.25) is 0 Å². The molecule has 1 N–H and O–H groups in total. The van der Waals surface area contributed by atoms with Crippen LogP contribution < -0.4 is 10.1 Å². The van der Waals surface area contributed by atoms with E-state index in [1.165, 1.54) is 0 Å². The molecule has 0 spiro atoms. The Bertz CT molecular complexity index is 391. The molecule has 0 heterocycles. The third-order valence-electron chi connectivity index (χ3n) is 2.18. The van der Waals surface area contributed by atoms with Crippen LogP contribution in [-0.4, -0.2) is 12.1 Å². The van der Waals surface area contributed by atoms with Gasteiger partial charge in [0.1, 0.15) is 5.75 Å². The van der Waals surface area contributed by atoms with Crippen molar-refractivity contribution in [3.63, 3.8) is 0 Å². The molecule has 1 rings (SSSR count). The van der Waals surface area contributed by atoms with Gasteiger partial charge in [-0.25, -0.2) is 0 Å². The van der Waals surface area contributed by atoms with Gasteiger partial charge in [-0.05, 0) is 55.8 Å². The summed E-state index contributed by atoms with van der Waals surface area (Å²) in [5, 5.41) is 3.47. The molecule has 1 aromatic carbocycles. The Morgan fingerprint density at radius 2 is 1.83 bits per heavy atom. The summed E-state index contributed by atoms with van der Waals surface area (Å²) < 4.78 is 7.72. The number of hydrogen-bond donors (Lipinski definition) is 1. The molecule has 0 atom stereocenters. The lowest BCUT2D eigenvalue weighted by Gasteiger charge is -2.22. The molecular weight excluding hydrogens is 381 g/mol. The summed E-state index contributed by atoms with van der Waals surface area (Å²) in [7, 11) is 0. The van der Waals surface area contributed by atoms with E-state index in [1.54, 1.807) is 0 Å². The molecular formula is C13H20Br2ClNO. The van der Waals surface area contributed by atoms with Gasteiger partial charge in [-0.1, -0.05) is 15.9 Å². The van der Waals surface area contributed by atoms with Crippen LogP contribution in [0.5, 0.6) is 5.75 Å². The molecule has 0 fully saturated rings. The lowest BCUT2D eigenvalue weighted by atomic mass is 10.1. The molecule has 1 aromatic rings. The van der Waals surface area contributed by atoms with Crippen LogP contribution >= 0.6 is 44.3 Å². The van der Waals surface area contributed by atoms with Crippen molar-refractivity contribution in [2.45, 2.75) is 39.8 Å². The van der Waals surface area contributed by atoms with Gasteiger partial charge in [-0.2, -0.15) is 0 Å². The summed E-state index contributed by atoms with van der Waals surface area (Å²) in [6, 6.07) is 4.10. The van der Waals surface area contributed by atoms with E-state index in [0.717, 1.165) is 26.8 Å². The minimum Gasteiger partial charge on any atom is -0.492 e. The highest BCUT2D eigenvalue weighted by atomic mass is 79.9. The first kappa shape index (κ1) is 18.2. The van der Waals surface area contributed by atoms with Gasteiger partial charge in [0.05, 0.1) is 11.1 Å². The van der Waals surface area contributed by atoms with Crippen LogP contribution in [0.3, 0.4) is 0 Å². The summed E-state index contributed by atoms with van der Waals surface area (Å²) in [6.07, 6.45) is 0. The van der Waals surface area contributed by atoms with Crippen LogP contribution in [0.2, 0.25) is 0 Å². The molecule has 0 saturated carbocycles. The van der Waals surface area contributed by atoms with Gasteiger partial charge in [-0.3, -0.25) is 0 Å². The fraction of sp³-hybridized carbons (Fsp3) is 0.538. The summed E-state index contributed by atoms with van der Waals surface area (Å²) in [5.41, 5.74) is 1.25. The SMILES string of the molecule is CCOc1c(Br)cc(Br)cc1CNC(C)(C)C.Cl. The molecule has 5 heteroatoms. The second-order valence-corrected chi connectivity index (χ2v) is 6.68. The summed E-state index contributed by atoms with van der Waals surface area (Å²) >= 11 is 7.04. The minimum atomic E-state index is 0. The molecule has 2 nitrogen and oxygen atoms in total. The van der Waals surface area contributed by atoms with Crippen molar-refractivity contribution in [1.82, 2.24) is 5.32 Å². The van der Waals surface area contributed by atoms with Crippen molar-refractivity contribution < 1.29 is 4.74 Å². The van der Waals surface area contributed by atoms with Gasteiger partial charge in [0.25, 0.3) is 0 Å². The summed E-state index contributed by atoms with van der Waals surface area (Å²) in [4.78, 5) is 0. The van der Waals surface area contributed by atoms with Gasteiger partial charge >= 0.3 is 0 Å². The van der Waals surface area contributed by atoms with Gasteiger partial charge in [0, 0.05) is 22.1 Å². The second kappa shape index (κ2) is 7.73. The predicted octanol–water partition coefficient (Wildman–Crippen LogP) is 4.92. The first-order valence-electron chi connectivity index (χ1n) is 5.69. The molecule has 0 aromatic heterocycles. The third kappa shape index (κ3) is 5.91. The van der Waals surface area contributed by atoms with Crippen LogP contribution in [0.15, 0.2) is 21.1 Å². The third-order valence-corrected chi connectivity index (χ3v) is 3.23. The fourth-order valence-electron chi connectivity index (χ4n) is 1.41. The Labute approximate surface area is 133 Å². The zero-order chi connectivity index (χ0) is 13.1. The van der Waals surface area contributed by atoms with Crippen LogP contribution in [0.1, 0.15) is 33.3 Å². The number of rotatable bonds is 4. The lowest BCUT2D eigenvalue weighted by Crippen LogP contribution is -2.35. The minimum absolute atomic E-state index is 0. The van der Waals surface area contributed by atoms with Crippen molar-refractivity contribution in [3.8, 4) is 5.75 Å². The number of nitrogens with one attached hydrogen (secondary N) is 1. The van der Waals surface area contributed by atoms with E-state index in [0.29, 0.717) is 6.61 Å². The van der Waals surface area contributed by atoms with E-state index in [-0.39, 0.29) is 17.9 Å². The molecule has 0 unspecified atom stereocenters. The molecule has 0 bridgehead atoms. The van der Waals surface area contributed by atoms with Crippen molar-refractivity contribution in [3.05, 3.63) is 26.6 Å². The van der Waals surface area contributed by atoms with E-state index in [9.17, 15) is 0 Å². The standard InChI is InChI=1S/C13H19Br2NO.ClH/c1-5-17-12-9(8-16-13(2,3)4)6-10(14)7-11(12)15;/h6-7,16H,5,8H2,1-4H3;1H. The van der Waals surface area contributed by atoms with Crippen LogP contribution in [0.25, 0.3) is 0 Å². The van der Waals surface area contributed by atoms with Gasteiger partial charge in [0.15, 0.2) is 0 Å². The monoisotopic (exact) mass is 399 g/mol. The average Bonchev–Trinajstić information content (AvgIpc) is 2.18. The molecule has 0 saturated heterocycles. The molecule has 104 valence electrons. The first-order valence-corrected chi connectivity index (χ1v) is 7.28. The van der Waals surface area contributed by atoms with E-state index in [2.05, 4.69) is 64.0 Å². The number of benzene rings is 1. The Balaban J connectivity index is 0.00000289. The van der Waals surface area contributed by atoms with Crippen molar-refractivity contribution in [2.75, 3.05) is 6.61 Å². The summed E-state index contributed by atoms with van der Waals surface area (Å²) in [6.45, 7) is 9.91. The molecule has 0 radical (unpaired) electrons. The zero-order valence-electron chi connectivity index (χ0n) is 11.1. The zero-order valence-corrected chi connectivity index (χ0v) is 15.1. The maximum atomic E-state index is 5.68. The van der Waals surface area contributed by atoms with E-state index in [1.807, 2.05) is 13.0 Å². The average molecular weight is 402 g/mol. The fourth-order valence-corrected chi connectivity index (χ4v) is 2.84. The van der Waals surface area contributed by atoms with Crippen molar-refractivity contribution in [2.24, 2.45) is 0 Å². The van der Waals surface area contributed by atoms with E-state index in [4.69, 9.17) is 4.74 Å². The van der Waals surface area contributed by atoms with E-state index >= 15 is 0 Å². The molecule has 0 aliphatic heterocycles. The predicted molar refractivity (Wildman–Crippen MR) is 86.9 cm³/mol. The lowest BCUT2D eigenvalue weighted by molar-refractivity contribution is 0.330. The largest absolute Gasteiger partial charge is 0.492 e. The maximum absolute atomic E-state index is 5.68. The summed E-state index contributed by atoms with van der Waals surface area (Å²) in [5.74, 6) is 0.924. The molecule has 0 aliphatic carbocycles. The molecule has 18 heavy (non-hydrogen) atoms. The highest BCUT2D eigenvalue weighted by Crippen LogP contribution is 2.33. The Morgan fingerprint density at radius 3 is 2.33 bits per heavy atom. The number of hydrogen-bond acceptors (Lipinski definition) is 2. The molecule has 0 aliphatic rings. The van der Waals surface area contributed by atoms with Gasteiger partial charge in [-0.15, -0.1) is 12.4 Å². The number of ether oxygens (including phenoxy) is 1. The maximum Gasteiger partial charge on any atom is 0.138 e. The van der Waals surface area contributed by atoms with Crippen LogP contribution in [0, 0.1) is 0 Å².